The highest BCUT2D eigenvalue weighted by molar-refractivity contribution is 7.14. The summed E-state index contributed by atoms with van der Waals surface area (Å²) in [5, 5.41) is 14.2. The topological polar surface area (TPSA) is 79.7 Å². The third kappa shape index (κ3) is 5.04. The van der Waals surface area contributed by atoms with E-state index in [4.69, 9.17) is 5.26 Å². The number of hydrogen-bond donors (Lipinski definition) is 1. The average Bonchev–Trinajstić information content (AvgIpc) is 3.33. The molecular formula is C18H25N5O2S. The van der Waals surface area contributed by atoms with Gasteiger partial charge in [0.1, 0.15) is 11.1 Å². The molecule has 0 spiro atoms. The van der Waals surface area contributed by atoms with E-state index in [1.54, 1.807) is 11.4 Å². The first-order valence-electron chi connectivity index (χ1n) is 9.15. The quantitative estimate of drug-likeness (QED) is 0.808. The normalized spacial score (nSPS) is 18.7. The van der Waals surface area contributed by atoms with Crippen LogP contribution in [-0.2, 0) is 9.59 Å². The predicted molar refractivity (Wildman–Crippen MR) is 101 cm³/mol. The summed E-state index contributed by atoms with van der Waals surface area (Å²) in [6.45, 7) is 6.52. The SMILES string of the molecule is N#Cc1ccsc1NC(=O)CCN1CCN(CC(=O)N2CCCC2)CC1. The number of thiophene rings is 1. The number of carbonyl (C=O) groups excluding carboxylic acids is 2. The number of carbonyl (C=O) groups is 2. The Morgan fingerprint density at radius 2 is 1.81 bits per heavy atom. The number of anilines is 1. The van der Waals surface area contributed by atoms with Gasteiger partial charge in [-0.05, 0) is 24.3 Å². The second-order valence-electron chi connectivity index (χ2n) is 6.78. The van der Waals surface area contributed by atoms with E-state index in [2.05, 4.69) is 21.2 Å². The first kappa shape index (κ1) is 18.8. The molecule has 140 valence electrons. The van der Waals surface area contributed by atoms with Crippen LogP contribution in [0.15, 0.2) is 11.4 Å². The van der Waals surface area contributed by atoms with Crippen LogP contribution in [0.5, 0.6) is 0 Å². The maximum absolute atomic E-state index is 12.2. The number of nitrogens with one attached hydrogen (secondary N) is 1. The first-order valence-corrected chi connectivity index (χ1v) is 10.0. The lowest BCUT2D eigenvalue weighted by Gasteiger charge is -2.34. The lowest BCUT2D eigenvalue weighted by Crippen LogP contribution is -2.50. The van der Waals surface area contributed by atoms with Gasteiger partial charge in [-0.1, -0.05) is 0 Å². The molecule has 0 radical (unpaired) electrons. The molecule has 7 nitrogen and oxygen atoms in total. The van der Waals surface area contributed by atoms with Gasteiger partial charge in [-0.2, -0.15) is 5.26 Å². The van der Waals surface area contributed by atoms with E-state index in [1.165, 1.54) is 11.3 Å². The van der Waals surface area contributed by atoms with Gasteiger partial charge in [-0.15, -0.1) is 11.3 Å². The summed E-state index contributed by atoms with van der Waals surface area (Å²) in [6, 6.07) is 3.79. The highest BCUT2D eigenvalue weighted by Gasteiger charge is 2.23. The molecule has 0 atom stereocenters. The van der Waals surface area contributed by atoms with Gasteiger partial charge in [0.15, 0.2) is 0 Å². The van der Waals surface area contributed by atoms with Gasteiger partial charge in [0, 0.05) is 52.2 Å². The Bertz CT molecular complexity index is 669. The molecule has 8 heteroatoms. The van der Waals surface area contributed by atoms with Crippen molar-refractivity contribution in [3.63, 3.8) is 0 Å². The van der Waals surface area contributed by atoms with Crippen LogP contribution < -0.4 is 5.32 Å². The van der Waals surface area contributed by atoms with Crippen molar-refractivity contribution < 1.29 is 9.59 Å². The molecule has 3 rings (SSSR count). The van der Waals surface area contributed by atoms with E-state index in [-0.39, 0.29) is 11.8 Å². The summed E-state index contributed by atoms with van der Waals surface area (Å²) >= 11 is 1.37. The molecular weight excluding hydrogens is 350 g/mol. The molecule has 0 bridgehead atoms. The van der Waals surface area contributed by atoms with Crippen LogP contribution in [0.1, 0.15) is 24.8 Å². The Kier molecular flexibility index (Phi) is 6.61. The fourth-order valence-corrected chi connectivity index (χ4v) is 4.13. The van der Waals surface area contributed by atoms with Crippen molar-refractivity contribution in [2.75, 3.05) is 57.7 Å². The molecule has 1 aromatic heterocycles. The number of piperazine rings is 1. The smallest absolute Gasteiger partial charge is 0.236 e. The number of amides is 2. The van der Waals surface area contributed by atoms with Crippen molar-refractivity contribution in [2.24, 2.45) is 0 Å². The molecule has 0 saturated carbocycles. The monoisotopic (exact) mass is 375 g/mol. The van der Waals surface area contributed by atoms with E-state index < -0.39 is 0 Å². The molecule has 26 heavy (non-hydrogen) atoms. The molecule has 2 aliphatic heterocycles. The molecule has 2 saturated heterocycles. The molecule has 0 unspecified atom stereocenters. The van der Waals surface area contributed by atoms with E-state index in [0.717, 1.165) is 52.1 Å². The summed E-state index contributed by atoms with van der Waals surface area (Å²) in [5.41, 5.74) is 0.514. The Morgan fingerprint density at radius 3 is 2.50 bits per heavy atom. The summed E-state index contributed by atoms with van der Waals surface area (Å²) in [6.07, 6.45) is 2.67. The predicted octanol–water partition coefficient (Wildman–Crippen LogP) is 1.19. The molecule has 0 aromatic carbocycles. The second-order valence-corrected chi connectivity index (χ2v) is 7.70. The minimum atomic E-state index is -0.0596. The minimum absolute atomic E-state index is 0.0596. The number of hydrogen-bond acceptors (Lipinski definition) is 6. The maximum Gasteiger partial charge on any atom is 0.236 e. The van der Waals surface area contributed by atoms with Crippen LogP contribution in [0.3, 0.4) is 0 Å². The Morgan fingerprint density at radius 1 is 1.12 bits per heavy atom. The number of nitrogens with zero attached hydrogens (tertiary/aromatic N) is 4. The van der Waals surface area contributed by atoms with Gasteiger partial charge >= 0.3 is 0 Å². The van der Waals surface area contributed by atoms with Gasteiger partial charge in [0.2, 0.25) is 11.8 Å². The minimum Gasteiger partial charge on any atom is -0.342 e. The lowest BCUT2D eigenvalue weighted by atomic mass is 10.2. The van der Waals surface area contributed by atoms with Crippen LogP contribution in [-0.4, -0.2) is 78.9 Å². The van der Waals surface area contributed by atoms with Crippen molar-refractivity contribution in [3.8, 4) is 6.07 Å². The molecule has 0 aliphatic carbocycles. The van der Waals surface area contributed by atoms with E-state index in [0.29, 0.717) is 30.1 Å². The average molecular weight is 375 g/mol. The zero-order valence-electron chi connectivity index (χ0n) is 14.9. The number of rotatable bonds is 6. The molecule has 2 amide bonds. The van der Waals surface area contributed by atoms with Gasteiger partial charge in [0.05, 0.1) is 12.1 Å². The van der Waals surface area contributed by atoms with Crippen molar-refractivity contribution in [3.05, 3.63) is 17.0 Å². The van der Waals surface area contributed by atoms with Gasteiger partial charge in [0.25, 0.3) is 0 Å². The number of likely N-dealkylation sites (tertiary alicyclic amines) is 1. The zero-order chi connectivity index (χ0) is 18.4. The van der Waals surface area contributed by atoms with Crippen LogP contribution >= 0.6 is 11.3 Å². The highest BCUT2D eigenvalue weighted by Crippen LogP contribution is 2.22. The van der Waals surface area contributed by atoms with Crippen LogP contribution in [0.4, 0.5) is 5.00 Å². The van der Waals surface area contributed by atoms with Crippen molar-refractivity contribution in [1.29, 1.82) is 5.26 Å². The Balaban J connectivity index is 1.34. The zero-order valence-corrected chi connectivity index (χ0v) is 15.8. The van der Waals surface area contributed by atoms with Crippen LogP contribution in [0.25, 0.3) is 0 Å². The van der Waals surface area contributed by atoms with Crippen molar-refractivity contribution >= 4 is 28.2 Å². The van der Waals surface area contributed by atoms with E-state index in [1.807, 2.05) is 4.90 Å². The third-order valence-electron chi connectivity index (χ3n) is 4.98. The van der Waals surface area contributed by atoms with Crippen molar-refractivity contribution in [2.45, 2.75) is 19.3 Å². The molecule has 2 aliphatic rings. The fourth-order valence-electron chi connectivity index (χ4n) is 3.37. The highest BCUT2D eigenvalue weighted by atomic mass is 32.1. The molecule has 2 fully saturated rings. The standard InChI is InChI=1S/C18H25N5O2S/c19-13-15-4-12-26-18(15)20-16(24)3-7-21-8-10-22(11-9-21)14-17(25)23-5-1-2-6-23/h4,12H,1-3,5-11,14H2,(H,20,24). The molecule has 1 aromatic rings. The van der Waals surface area contributed by atoms with Gasteiger partial charge in [-0.25, -0.2) is 0 Å². The molecule has 3 heterocycles. The van der Waals surface area contributed by atoms with Gasteiger partial charge < -0.3 is 15.1 Å². The molecule has 1 N–H and O–H groups in total. The summed E-state index contributed by atoms with van der Waals surface area (Å²) in [4.78, 5) is 30.7. The Hall–Kier alpha value is -1.95. The Labute approximate surface area is 158 Å². The van der Waals surface area contributed by atoms with Crippen molar-refractivity contribution in [1.82, 2.24) is 14.7 Å². The maximum atomic E-state index is 12.2. The summed E-state index contributed by atoms with van der Waals surface area (Å²) in [5.74, 6) is 0.190. The van der Waals surface area contributed by atoms with E-state index in [9.17, 15) is 9.59 Å². The second kappa shape index (κ2) is 9.12. The van der Waals surface area contributed by atoms with Crippen LogP contribution in [0.2, 0.25) is 0 Å². The summed E-state index contributed by atoms with van der Waals surface area (Å²) in [7, 11) is 0. The van der Waals surface area contributed by atoms with Crippen LogP contribution in [0, 0.1) is 11.3 Å². The first-order chi connectivity index (χ1) is 12.7. The third-order valence-corrected chi connectivity index (χ3v) is 5.81. The fraction of sp³-hybridized carbons (Fsp3) is 0.611. The van der Waals surface area contributed by atoms with E-state index >= 15 is 0 Å². The number of nitriles is 1. The lowest BCUT2D eigenvalue weighted by molar-refractivity contribution is -0.131. The summed E-state index contributed by atoms with van der Waals surface area (Å²) < 4.78 is 0. The van der Waals surface area contributed by atoms with Gasteiger partial charge in [-0.3, -0.25) is 14.5 Å². The largest absolute Gasteiger partial charge is 0.342 e.